The van der Waals surface area contributed by atoms with Gasteiger partial charge in [-0.3, -0.25) is 10.1 Å². The Morgan fingerprint density at radius 1 is 1.24 bits per heavy atom. The van der Waals surface area contributed by atoms with Crippen LogP contribution in [0.5, 0.6) is 11.5 Å². The van der Waals surface area contributed by atoms with Gasteiger partial charge < -0.3 is 14.9 Å². The second-order valence-corrected chi connectivity index (χ2v) is 4.12. The molecule has 2 rings (SSSR count). The van der Waals surface area contributed by atoms with Crippen molar-refractivity contribution in [1.82, 2.24) is 0 Å². The van der Waals surface area contributed by atoms with Gasteiger partial charge >= 0.3 is 11.7 Å². The summed E-state index contributed by atoms with van der Waals surface area (Å²) in [5, 5.41) is 29.1. The highest BCUT2D eigenvalue weighted by Gasteiger charge is 2.25. The Morgan fingerprint density at radius 2 is 1.95 bits per heavy atom. The predicted molar refractivity (Wildman–Crippen MR) is 72.5 cm³/mol. The normalized spacial score (nSPS) is 10.1. The van der Waals surface area contributed by atoms with Crippen LogP contribution in [0.2, 0.25) is 0 Å². The fourth-order valence-corrected chi connectivity index (χ4v) is 1.80. The molecule has 7 nitrogen and oxygen atoms in total. The molecule has 7 heteroatoms. The number of hydrogen-bond acceptors (Lipinski definition) is 5. The second-order valence-electron chi connectivity index (χ2n) is 4.12. The van der Waals surface area contributed by atoms with Crippen LogP contribution >= 0.6 is 0 Å². The highest BCUT2D eigenvalue weighted by Crippen LogP contribution is 2.34. The Bertz CT molecular complexity index is 698. The number of carbonyl (C=O) groups is 1. The summed E-state index contributed by atoms with van der Waals surface area (Å²) >= 11 is 0. The molecule has 0 fully saturated rings. The van der Waals surface area contributed by atoms with Gasteiger partial charge in [0.25, 0.3) is 0 Å². The van der Waals surface area contributed by atoms with E-state index in [-0.39, 0.29) is 18.1 Å². The van der Waals surface area contributed by atoms with E-state index in [1.54, 1.807) is 18.2 Å². The Labute approximate surface area is 119 Å². The number of nitrogens with zero attached hydrogens (tertiary/aromatic N) is 1. The molecule has 0 atom stereocenters. The van der Waals surface area contributed by atoms with Crippen molar-refractivity contribution in [2.24, 2.45) is 0 Å². The van der Waals surface area contributed by atoms with Crippen molar-refractivity contribution in [1.29, 1.82) is 0 Å². The number of aromatic carboxylic acids is 1. The summed E-state index contributed by atoms with van der Waals surface area (Å²) in [6, 6.07) is 10.2. The van der Waals surface area contributed by atoms with Gasteiger partial charge in [-0.2, -0.15) is 0 Å². The van der Waals surface area contributed by atoms with Gasteiger partial charge in [0.05, 0.1) is 11.5 Å². The van der Waals surface area contributed by atoms with Gasteiger partial charge in [0, 0.05) is 0 Å². The lowest BCUT2D eigenvalue weighted by molar-refractivity contribution is -0.386. The lowest BCUT2D eigenvalue weighted by Gasteiger charge is -2.08. The maximum atomic E-state index is 11.1. The minimum absolute atomic E-state index is 0.171. The molecule has 21 heavy (non-hydrogen) atoms. The smallest absolute Gasteiger partial charge is 0.342 e. The Kier molecular flexibility index (Phi) is 4.15. The summed E-state index contributed by atoms with van der Waals surface area (Å²) < 4.78 is 5.39. The summed E-state index contributed by atoms with van der Waals surface area (Å²) in [6.45, 7) is -0.200. The summed E-state index contributed by atoms with van der Waals surface area (Å²) in [5.74, 6) is -1.31. The van der Waals surface area contributed by atoms with Crippen molar-refractivity contribution < 1.29 is 24.7 Å². The van der Waals surface area contributed by atoms with Crippen molar-refractivity contribution in [3.63, 3.8) is 0 Å². The predicted octanol–water partition coefficient (Wildman–Crippen LogP) is 2.58. The monoisotopic (exact) mass is 289 g/mol. The Morgan fingerprint density at radius 3 is 2.57 bits per heavy atom. The summed E-state index contributed by atoms with van der Waals surface area (Å²) in [6.07, 6.45) is 0. The van der Waals surface area contributed by atoms with E-state index in [4.69, 9.17) is 14.9 Å². The molecule has 0 heterocycles. The molecule has 0 bridgehead atoms. The Hall–Kier alpha value is -2.93. The maximum absolute atomic E-state index is 11.1. The molecule has 0 saturated heterocycles. The van der Waals surface area contributed by atoms with Crippen molar-refractivity contribution >= 4 is 11.7 Å². The summed E-state index contributed by atoms with van der Waals surface area (Å²) in [4.78, 5) is 21.3. The fraction of sp³-hybridized carbons (Fsp3) is 0.0714. The van der Waals surface area contributed by atoms with Gasteiger partial charge in [-0.05, 0) is 29.8 Å². The van der Waals surface area contributed by atoms with E-state index in [0.717, 1.165) is 6.07 Å². The standard InChI is InChI=1S/C14H11NO6/c16-8-9-3-1-4-10(7-9)21-12-6-2-5-11(14(17)18)13(12)15(19)20/h1-7,16H,8H2,(H,17,18). The molecule has 0 amide bonds. The quantitative estimate of drug-likeness (QED) is 0.646. The zero-order valence-electron chi connectivity index (χ0n) is 10.7. The molecule has 0 unspecified atom stereocenters. The molecule has 2 aromatic carbocycles. The average Bonchev–Trinajstić information content (AvgIpc) is 2.46. The van der Waals surface area contributed by atoms with Crippen molar-refractivity contribution in [3.8, 4) is 11.5 Å². The fourth-order valence-electron chi connectivity index (χ4n) is 1.80. The first kappa shape index (κ1) is 14.5. The number of aliphatic hydroxyl groups excluding tert-OH is 1. The third kappa shape index (κ3) is 3.15. The number of hydrogen-bond donors (Lipinski definition) is 2. The molecule has 0 aliphatic heterocycles. The number of para-hydroxylation sites is 1. The van der Waals surface area contributed by atoms with E-state index in [0.29, 0.717) is 5.56 Å². The number of aliphatic hydroxyl groups is 1. The molecule has 2 N–H and O–H groups in total. The second kappa shape index (κ2) is 6.02. The number of benzene rings is 2. The zero-order chi connectivity index (χ0) is 15.4. The third-order valence-corrected chi connectivity index (χ3v) is 2.72. The number of rotatable bonds is 5. The highest BCUT2D eigenvalue weighted by molar-refractivity contribution is 5.93. The molecule has 0 saturated carbocycles. The minimum Gasteiger partial charge on any atom is -0.477 e. The highest BCUT2D eigenvalue weighted by atomic mass is 16.6. The molecule has 0 spiro atoms. The van der Waals surface area contributed by atoms with E-state index in [1.807, 2.05) is 0 Å². The molecule has 0 aliphatic carbocycles. The van der Waals surface area contributed by atoms with Gasteiger partial charge in [0.2, 0.25) is 5.75 Å². The molecule has 0 aliphatic rings. The number of nitro benzene ring substituents is 1. The first-order valence-corrected chi connectivity index (χ1v) is 5.91. The number of ether oxygens (including phenoxy) is 1. The largest absolute Gasteiger partial charge is 0.477 e. The Balaban J connectivity index is 2.46. The van der Waals surface area contributed by atoms with Crippen LogP contribution in [0.15, 0.2) is 42.5 Å². The molecular weight excluding hydrogens is 278 g/mol. The molecule has 108 valence electrons. The average molecular weight is 289 g/mol. The van der Waals surface area contributed by atoms with Crippen LogP contribution in [-0.4, -0.2) is 21.1 Å². The van der Waals surface area contributed by atoms with Gasteiger partial charge in [-0.1, -0.05) is 18.2 Å². The van der Waals surface area contributed by atoms with E-state index in [2.05, 4.69) is 0 Å². The minimum atomic E-state index is -1.41. The molecule has 2 aromatic rings. The lowest BCUT2D eigenvalue weighted by Crippen LogP contribution is -2.04. The van der Waals surface area contributed by atoms with E-state index in [1.165, 1.54) is 18.2 Å². The molecule has 0 aromatic heterocycles. The van der Waals surface area contributed by atoms with E-state index >= 15 is 0 Å². The molecule has 0 radical (unpaired) electrons. The first-order valence-electron chi connectivity index (χ1n) is 5.91. The lowest BCUT2D eigenvalue weighted by atomic mass is 10.1. The van der Waals surface area contributed by atoms with Crippen molar-refractivity contribution in [2.75, 3.05) is 0 Å². The maximum Gasteiger partial charge on any atom is 0.342 e. The number of nitro groups is 1. The van der Waals surface area contributed by atoms with Crippen molar-refractivity contribution in [3.05, 3.63) is 63.7 Å². The van der Waals surface area contributed by atoms with Crippen LogP contribution in [-0.2, 0) is 6.61 Å². The summed E-state index contributed by atoms with van der Waals surface area (Å²) in [7, 11) is 0. The number of carboxylic acid groups (broad SMARTS) is 1. The van der Waals surface area contributed by atoms with Crippen LogP contribution in [0.25, 0.3) is 0 Å². The van der Waals surface area contributed by atoms with Gasteiger partial charge in [0.1, 0.15) is 11.3 Å². The van der Waals surface area contributed by atoms with Crippen molar-refractivity contribution in [2.45, 2.75) is 6.61 Å². The van der Waals surface area contributed by atoms with E-state index < -0.39 is 22.1 Å². The molecular formula is C14H11NO6. The van der Waals surface area contributed by atoms with Gasteiger partial charge in [-0.25, -0.2) is 4.79 Å². The van der Waals surface area contributed by atoms with Crippen LogP contribution in [0.4, 0.5) is 5.69 Å². The van der Waals surface area contributed by atoms with Gasteiger partial charge in [-0.15, -0.1) is 0 Å². The van der Waals surface area contributed by atoms with E-state index in [9.17, 15) is 14.9 Å². The van der Waals surface area contributed by atoms with Gasteiger partial charge in [0.15, 0.2) is 0 Å². The summed E-state index contributed by atoms with van der Waals surface area (Å²) in [5.41, 5.74) is -0.486. The van der Waals surface area contributed by atoms with Crippen LogP contribution in [0, 0.1) is 10.1 Å². The van der Waals surface area contributed by atoms with Crippen LogP contribution in [0.3, 0.4) is 0 Å². The zero-order valence-corrected chi connectivity index (χ0v) is 10.7. The topological polar surface area (TPSA) is 110 Å². The number of carboxylic acids is 1. The first-order chi connectivity index (χ1) is 10.0. The third-order valence-electron chi connectivity index (χ3n) is 2.72. The van der Waals surface area contributed by atoms with Crippen LogP contribution < -0.4 is 4.74 Å². The van der Waals surface area contributed by atoms with Crippen LogP contribution in [0.1, 0.15) is 15.9 Å². The SMILES string of the molecule is O=C(O)c1cccc(Oc2cccc(CO)c2)c1[N+](=O)[O-].